The molecule has 3 heteroatoms. The van der Waals surface area contributed by atoms with Gasteiger partial charge in [0, 0.05) is 9.61 Å². The summed E-state index contributed by atoms with van der Waals surface area (Å²) in [5.74, 6) is 0.303. The molecule has 3 N–H and O–H groups in total. The van der Waals surface area contributed by atoms with Crippen molar-refractivity contribution in [3.8, 4) is 5.75 Å². The fourth-order valence-corrected chi connectivity index (χ4v) is 2.18. The largest absolute Gasteiger partial charge is 0.508 e. The molecule has 0 amide bonds. The van der Waals surface area contributed by atoms with Gasteiger partial charge in [-0.05, 0) is 46.7 Å². The lowest BCUT2D eigenvalue weighted by Crippen LogP contribution is -2.11. The lowest BCUT2D eigenvalue weighted by molar-refractivity contribution is 0.474. The van der Waals surface area contributed by atoms with E-state index in [0.717, 1.165) is 22.0 Å². The molecule has 0 aromatic heterocycles. The van der Waals surface area contributed by atoms with Crippen molar-refractivity contribution in [1.29, 1.82) is 0 Å². The summed E-state index contributed by atoms with van der Waals surface area (Å²) in [7, 11) is 0. The number of aromatic hydroxyl groups is 1. The molecule has 0 aliphatic heterocycles. The third kappa shape index (κ3) is 2.84. The first kappa shape index (κ1) is 10.8. The topological polar surface area (TPSA) is 46.2 Å². The Morgan fingerprint density at radius 1 is 1.54 bits per heavy atom. The van der Waals surface area contributed by atoms with E-state index in [4.69, 9.17) is 5.73 Å². The van der Waals surface area contributed by atoms with E-state index < -0.39 is 0 Å². The third-order valence-corrected chi connectivity index (χ3v) is 2.92. The van der Waals surface area contributed by atoms with Crippen molar-refractivity contribution in [1.82, 2.24) is 0 Å². The minimum absolute atomic E-state index is 0.0949. The maximum absolute atomic E-state index is 9.20. The van der Waals surface area contributed by atoms with Gasteiger partial charge in [0.15, 0.2) is 0 Å². The van der Waals surface area contributed by atoms with E-state index in [1.807, 2.05) is 6.07 Å². The molecule has 1 aromatic rings. The van der Waals surface area contributed by atoms with E-state index in [1.165, 1.54) is 0 Å². The van der Waals surface area contributed by atoms with Gasteiger partial charge in [0.25, 0.3) is 0 Å². The molecular weight excluding hydrogens is 277 g/mol. The molecule has 0 unspecified atom stereocenters. The summed E-state index contributed by atoms with van der Waals surface area (Å²) in [6.45, 7) is 2.12. The summed E-state index contributed by atoms with van der Waals surface area (Å²) in [4.78, 5) is 0. The summed E-state index contributed by atoms with van der Waals surface area (Å²) in [6, 6.07) is 5.42. The molecule has 13 heavy (non-hydrogen) atoms. The van der Waals surface area contributed by atoms with E-state index in [9.17, 15) is 5.11 Å². The standard InChI is InChI=1S/C10H14INO/c1-2-3-10(12)8-5-4-7(13)6-9(8)11/h4-6,10,13H,2-3,12H2,1H3/t10-/m0/s1. The molecule has 0 radical (unpaired) electrons. The van der Waals surface area contributed by atoms with Gasteiger partial charge in [-0.1, -0.05) is 19.4 Å². The van der Waals surface area contributed by atoms with Crippen LogP contribution in [0.1, 0.15) is 31.4 Å². The Bertz CT molecular complexity index is 288. The van der Waals surface area contributed by atoms with E-state index >= 15 is 0 Å². The molecular formula is C10H14INO. The van der Waals surface area contributed by atoms with Crippen molar-refractivity contribution in [2.45, 2.75) is 25.8 Å². The van der Waals surface area contributed by atoms with Gasteiger partial charge in [0.1, 0.15) is 5.75 Å². The Balaban J connectivity index is 2.88. The van der Waals surface area contributed by atoms with Crippen molar-refractivity contribution in [2.24, 2.45) is 5.73 Å². The van der Waals surface area contributed by atoms with Crippen molar-refractivity contribution in [3.63, 3.8) is 0 Å². The molecule has 1 atom stereocenters. The van der Waals surface area contributed by atoms with Crippen LogP contribution >= 0.6 is 22.6 Å². The Labute approximate surface area is 92.3 Å². The Hall–Kier alpha value is -0.290. The second-order valence-electron chi connectivity index (χ2n) is 3.10. The monoisotopic (exact) mass is 291 g/mol. The zero-order valence-corrected chi connectivity index (χ0v) is 9.78. The maximum Gasteiger partial charge on any atom is 0.116 e. The molecule has 0 aliphatic carbocycles. The van der Waals surface area contributed by atoms with Crippen LogP contribution in [0.25, 0.3) is 0 Å². The van der Waals surface area contributed by atoms with Crippen LogP contribution in [0.5, 0.6) is 5.75 Å². The van der Waals surface area contributed by atoms with Gasteiger partial charge in [-0.3, -0.25) is 0 Å². The highest BCUT2D eigenvalue weighted by atomic mass is 127. The van der Waals surface area contributed by atoms with Crippen LogP contribution < -0.4 is 5.73 Å². The van der Waals surface area contributed by atoms with Gasteiger partial charge in [-0.2, -0.15) is 0 Å². The smallest absolute Gasteiger partial charge is 0.116 e. The van der Waals surface area contributed by atoms with Crippen LogP contribution in [0.4, 0.5) is 0 Å². The summed E-state index contributed by atoms with van der Waals surface area (Å²) in [5, 5.41) is 9.20. The zero-order chi connectivity index (χ0) is 9.84. The maximum atomic E-state index is 9.20. The number of halogens is 1. The van der Waals surface area contributed by atoms with Gasteiger partial charge >= 0.3 is 0 Å². The molecule has 0 spiro atoms. The SMILES string of the molecule is CCC[C@H](N)c1ccc(O)cc1I. The number of benzene rings is 1. The third-order valence-electron chi connectivity index (χ3n) is 1.98. The van der Waals surface area contributed by atoms with Gasteiger partial charge in [0.2, 0.25) is 0 Å². The first-order valence-corrected chi connectivity index (χ1v) is 5.47. The number of phenols is 1. The average molecular weight is 291 g/mol. The predicted molar refractivity (Wildman–Crippen MR) is 62.7 cm³/mol. The molecule has 0 fully saturated rings. The fraction of sp³-hybridized carbons (Fsp3) is 0.400. The molecule has 0 aliphatic rings. The van der Waals surface area contributed by atoms with E-state index in [1.54, 1.807) is 12.1 Å². The fourth-order valence-electron chi connectivity index (χ4n) is 1.28. The second kappa shape index (κ2) is 4.81. The highest BCUT2D eigenvalue weighted by Gasteiger charge is 2.08. The summed E-state index contributed by atoms with van der Waals surface area (Å²) in [5.41, 5.74) is 7.10. The number of hydrogen-bond acceptors (Lipinski definition) is 2. The predicted octanol–water partition coefficient (Wildman–Crippen LogP) is 2.80. The van der Waals surface area contributed by atoms with Crippen LogP contribution in [0.15, 0.2) is 18.2 Å². The highest BCUT2D eigenvalue weighted by molar-refractivity contribution is 14.1. The number of nitrogens with two attached hydrogens (primary N) is 1. The van der Waals surface area contributed by atoms with E-state index in [2.05, 4.69) is 29.5 Å². The molecule has 2 nitrogen and oxygen atoms in total. The first-order chi connectivity index (χ1) is 6.15. The summed E-state index contributed by atoms with van der Waals surface area (Å²) in [6.07, 6.45) is 2.07. The summed E-state index contributed by atoms with van der Waals surface area (Å²) >= 11 is 2.20. The zero-order valence-electron chi connectivity index (χ0n) is 7.63. The molecule has 0 saturated heterocycles. The Morgan fingerprint density at radius 2 is 2.23 bits per heavy atom. The van der Waals surface area contributed by atoms with Crippen molar-refractivity contribution in [2.75, 3.05) is 0 Å². The Morgan fingerprint density at radius 3 is 2.77 bits per heavy atom. The van der Waals surface area contributed by atoms with Crippen LogP contribution in [0.3, 0.4) is 0 Å². The first-order valence-electron chi connectivity index (χ1n) is 4.39. The lowest BCUT2D eigenvalue weighted by Gasteiger charge is -2.12. The van der Waals surface area contributed by atoms with Gasteiger partial charge in [-0.25, -0.2) is 0 Å². The van der Waals surface area contributed by atoms with Gasteiger partial charge < -0.3 is 10.8 Å². The van der Waals surface area contributed by atoms with Crippen molar-refractivity contribution in [3.05, 3.63) is 27.3 Å². The highest BCUT2D eigenvalue weighted by Crippen LogP contribution is 2.24. The van der Waals surface area contributed by atoms with Crippen LogP contribution in [-0.4, -0.2) is 5.11 Å². The Kier molecular flexibility index (Phi) is 3.99. The normalized spacial score (nSPS) is 12.8. The van der Waals surface area contributed by atoms with Crippen LogP contribution in [-0.2, 0) is 0 Å². The lowest BCUT2D eigenvalue weighted by atomic mass is 10.0. The number of phenolic OH excluding ortho intramolecular Hbond substituents is 1. The van der Waals surface area contributed by atoms with Gasteiger partial charge in [0.05, 0.1) is 0 Å². The average Bonchev–Trinajstić information content (AvgIpc) is 2.04. The second-order valence-corrected chi connectivity index (χ2v) is 4.26. The minimum Gasteiger partial charge on any atom is -0.508 e. The van der Waals surface area contributed by atoms with E-state index in [0.29, 0.717) is 5.75 Å². The van der Waals surface area contributed by atoms with Crippen LogP contribution in [0, 0.1) is 3.57 Å². The van der Waals surface area contributed by atoms with Gasteiger partial charge in [-0.15, -0.1) is 0 Å². The van der Waals surface area contributed by atoms with Crippen LogP contribution in [0.2, 0.25) is 0 Å². The number of rotatable bonds is 3. The molecule has 72 valence electrons. The quantitative estimate of drug-likeness (QED) is 0.841. The molecule has 0 saturated carbocycles. The van der Waals surface area contributed by atoms with Crippen molar-refractivity contribution < 1.29 is 5.11 Å². The molecule has 0 bridgehead atoms. The minimum atomic E-state index is 0.0949. The molecule has 1 rings (SSSR count). The molecule has 1 aromatic carbocycles. The summed E-state index contributed by atoms with van der Waals surface area (Å²) < 4.78 is 1.04. The number of hydrogen-bond donors (Lipinski definition) is 2. The molecule has 0 heterocycles. The van der Waals surface area contributed by atoms with Crippen molar-refractivity contribution >= 4 is 22.6 Å². The van der Waals surface area contributed by atoms with E-state index in [-0.39, 0.29) is 6.04 Å².